The maximum atomic E-state index is 12.5. The highest BCUT2D eigenvalue weighted by molar-refractivity contribution is 6.42. The summed E-state index contributed by atoms with van der Waals surface area (Å²) < 4.78 is 3.10. The first-order valence-corrected chi connectivity index (χ1v) is 8.10. The molecule has 0 saturated carbocycles. The first kappa shape index (κ1) is 15.9. The van der Waals surface area contributed by atoms with Gasteiger partial charge in [0.2, 0.25) is 0 Å². The second-order valence-electron chi connectivity index (χ2n) is 5.63. The van der Waals surface area contributed by atoms with Crippen LogP contribution in [0.2, 0.25) is 10.0 Å². The van der Waals surface area contributed by atoms with Gasteiger partial charge in [0.25, 0.3) is 0 Å². The number of halogens is 2. The number of benzene rings is 1. The molecule has 0 unspecified atom stereocenters. The molecule has 0 amide bonds. The van der Waals surface area contributed by atoms with Crippen LogP contribution in [-0.4, -0.2) is 24.1 Å². The van der Waals surface area contributed by atoms with Crippen molar-refractivity contribution in [2.45, 2.75) is 6.92 Å². The molecule has 4 rings (SSSR count). The van der Waals surface area contributed by atoms with Crippen LogP contribution in [-0.2, 0) is 7.05 Å². The van der Waals surface area contributed by atoms with Crippen molar-refractivity contribution in [3.05, 3.63) is 50.6 Å². The molecule has 0 aliphatic heterocycles. The molecule has 126 valence electrons. The van der Waals surface area contributed by atoms with Crippen molar-refractivity contribution < 1.29 is 0 Å². The Hall–Kier alpha value is -2.64. The summed E-state index contributed by atoms with van der Waals surface area (Å²) in [7, 11) is 1.85. The molecule has 2 N–H and O–H groups in total. The van der Waals surface area contributed by atoms with Gasteiger partial charge in [-0.05, 0) is 31.2 Å². The fraction of sp³-hybridized carbons (Fsp3) is 0.125. The van der Waals surface area contributed by atoms with Crippen molar-refractivity contribution in [3.8, 4) is 5.69 Å². The Morgan fingerprint density at radius 2 is 1.84 bits per heavy atom. The minimum absolute atomic E-state index is 0.214. The van der Waals surface area contributed by atoms with E-state index in [0.29, 0.717) is 32.3 Å². The highest BCUT2D eigenvalue weighted by Crippen LogP contribution is 2.27. The zero-order chi connectivity index (χ0) is 17.9. The number of nitrogens with zero attached hydrogens (tertiary/aromatic N) is 5. The predicted octanol–water partition coefficient (Wildman–Crippen LogP) is 2.86. The van der Waals surface area contributed by atoms with E-state index in [1.165, 1.54) is 4.57 Å². The van der Waals surface area contributed by atoms with Crippen LogP contribution < -0.4 is 11.4 Å². The first-order chi connectivity index (χ1) is 11.9. The van der Waals surface area contributed by atoms with Crippen LogP contribution in [0.15, 0.2) is 29.1 Å². The monoisotopic (exact) mass is 374 g/mol. The van der Waals surface area contributed by atoms with Gasteiger partial charge in [-0.2, -0.15) is 4.98 Å². The molecule has 0 fully saturated rings. The standard InChI is InChI=1S/C16H12Cl2N6O/c1-7-20-12-6-9-13(19)24(8-3-4-10(17)11(18)5-8)16(25)22-14(9)21-15(12)23(7)2/h3-6H,19H2,1-2H3. The van der Waals surface area contributed by atoms with Gasteiger partial charge in [-0.15, -0.1) is 0 Å². The van der Waals surface area contributed by atoms with Gasteiger partial charge in [-0.3, -0.25) is 0 Å². The van der Waals surface area contributed by atoms with Crippen LogP contribution in [0.5, 0.6) is 0 Å². The number of imidazole rings is 1. The zero-order valence-corrected chi connectivity index (χ0v) is 14.8. The van der Waals surface area contributed by atoms with Crippen LogP contribution in [0.3, 0.4) is 0 Å². The molecular weight excluding hydrogens is 363 g/mol. The number of fused-ring (bicyclic) bond motifs is 2. The van der Waals surface area contributed by atoms with E-state index in [4.69, 9.17) is 28.9 Å². The zero-order valence-electron chi connectivity index (χ0n) is 13.3. The van der Waals surface area contributed by atoms with E-state index >= 15 is 0 Å². The Kier molecular flexibility index (Phi) is 3.45. The van der Waals surface area contributed by atoms with Gasteiger partial charge in [0.1, 0.15) is 17.2 Å². The molecule has 0 atom stereocenters. The SMILES string of the molecule is Cc1nc2cc3c(N)n(-c4ccc(Cl)c(Cl)c4)c(=O)nc3nc2n1C. The number of aryl methyl sites for hydroxylation is 2. The molecule has 25 heavy (non-hydrogen) atoms. The maximum absolute atomic E-state index is 12.5. The van der Waals surface area contributed by atoms with E-state index in [1.807, 2.05) is 18.5 Å². The van der Waals surface area contributed by atoms with Gasteiger partial charge in [-0.1, -0.05) is 23.2 Å². The normalized spacial score (nSPS) is 11.5. The van der Waals surface area contributed by atoms with Crippen LogP contribution in [0.1, 0.15) is 5.82 Å². The Morgan fingerprint density at radius 3 is 2.56 bits per heavy atom. The molecule has 4 aromatic rings. The number of nitrogens with two attached hydrogens (primary N) is 1. The number of anilines is 1. The van der Waals surface area contributed by atoms with E-state index < -0.39 is 5.69 Å². The quantitative estimate of drug-likeness (QED) is 0.552. The lowest BCUT2D eigenvalue weighted by Gasteiger charge is -2.11. The minimum Gasteiger partial charge on any atom is -0.384 e. The fourth-order valence-electron chi connectivity index (χ4n) is 2.73. The maximum Gasteiger partial charge on any atom is 0.355 e. The molecule has 1 aromatic carbocycles. The van der Waals surface area contributed by atoms with Crippen molar-refractivity contribution in [1.82, 2.24) is 24.1 Å². The largest absolute Gasteiger partial charge is 0.384 e. The van der Waals surface area contributed by atoms with Gasteiger partial charge < -0.3 is 10.3 Å². The van der Waals surface area contributed by atoms with Crippen molar-refractivity contribution in [2.24, 2.45) is 7.05 Å². The van der Waals surface area contributed by atoms with Crippen LogP contribution in [0.25, 0.3) is 27.9 Å². The summed E-state index contributed by atoms with van der Waals surface area (Å²) in [6.45, 7) is 1.87. The second-order valence-corrected chi connectivity index (χ2v) is 6.45. The Bertz CT molecular complexity index is 1230. The Morgan fingerprint density at radius 1 is 1.08 bits per heavy atom. The predicted molar refractivity (Wildman–Crippen MR) is 98.6 cm³/mol. The average Bonchev–Trinajstić information content (AvgIpc) is 2.84. The second kappa shape index (κ2) is 5.44. The molecule has 0 bridgehead atoms. The van der Waals surface area contributed by atoms with Crippen molar-refractivity contribution in [3.63, 3.8) is 0 Å². The van der Waals surface area contributed by atoms with Crippen molar-refractivity contribution in [1.29, 1.82) is 0 Å². The van der Waals surface area contributed by atoms with Gasteiger partial charge in [0.05, 0.1) is 21.1 Å². The third-order valence-electron chi connectivity index (χ3n) is 4.12. The number of rotatable bonds is 1. The lowest BCUT2D eigenvalue weighted by Crippen LogP contribution is -2.24. The van der Waals surface area contributed by atoms with Gasteiger partial charge in [0, 0.05) is 7.05 Å². The summed E-state index contributed by atoms with van der Waals surface area (Å²) in [6.07, 6.45) is 0. The molecule has 0 aliphatic carbocycles. The van der Waals surface area contributed by atoms with E-state index in [1.54, 1.807) is 24.3 Å². The Balaban J connectivity index is 2.07. The molecule has 0 spiro atoms. The van der Waals surface area contributed by atoms with Crippen molar-refractivity contribution in [2.75, 3.05) is 5.73 Å². The van der Waals surface area contributed by atoms with E-state index in [-0.39, 0.29) is 11.5 Å². The van der Waals surface area contributed by atoms with Gasteiger partial charge in [-0.25, -0.2) is 19.3 Å². The number of pyridine rings is 1. The molecule has 3 aromatic heterocycles. The lowest BCUT2D eigenvalue weighted by molar-refractivity contribution is 0.873. The van der Waals surface area contributed by atoms with Crippen LogP contribution >= 0.6 is 23.2 Å². The average molecular weight is 375 g/mol. The smallest absolute Gasteiger partial charge is 0.355 e. The van der Waals surface area contributed by atoms with Crippen molar-refractivity contribution >= 4 is 51.2 Å². The number of hydrogen-bond donors (Lipinski definition) is 1. The van der Waals surface area contributed by atoms with Gasteiger partial charge >= 0.3 is 5.69 Å². The summed E-state index contributed by atoms with van der Waals surface area (Å²) >= 11 is 12.0. The summed E-state index contributed by atoms with van der Waals surface area (Å²) in [4.78, 5) is 25.5. The van der Waals surface area contributed by atoms with Crippen LogP contribution in [0, 0.1) is 6.92 Å². The molecule has 0 radical (unpaired) electrons. The first-order valence-electron chi connectivity index (χ1n) is 7.34. The third-order valence-corrected chi connectivity index (χ3v) is 4.86. The summed E-state index contributed by atoms with van der Waals surface area (Å²) in [5, 5.41) is 1.24. The van der Waals surface area contributed by atoms with E-state index in [0.717, 1.165) is 5.82 Å². The molecule has 7 nitrogen and oxygen atoms in total. The molecule has 3 heterocycles. The van der Waals surface area contributed by atoms with E-state index in [2.05, 4.69) is 15.0 Å². The fourth-order valence-corrected chi connectivity index (χ4v) is 3.02. The molecule has 9 heteroatoms. The van der Waals surface area contributed by atoms with Crippen LogP contribution in [0.4, 0.5) is 5.82 Å². The molecular formula is C16H12Cl2N6O. The summed E-state index contributed by atoms with van der Waals surface area (Å²) in [5.41, 5.74) is 7.77. The van der Waals surface area contributed by atoms with E-state index in [9.17, 15) is 4.79 Å². The highest BCUT2D eigenvalue weighted by atomic mass is 35.5. The highest BCUT2D eigenvalue weighted by Gasteiger charge is 2.15. The number of hydrogen-bond acceptors (Lipinski definition) is 5. The summed E-state index contributed by atoms with van der Waals surface area (Å²) in [5.74, 6) is 1.02. The number of aromatic nitrogens is 5. The lowest BCUT2D eigenvalue weighted by atomic mass is 10.2. The summed E-state index contributed by atoms with van der Waals surface area (Å²) in [6, 6.07) is 6.59. The molecule has 0 aliphatic rings. The third kappa shape index (κ3) is 2.35. The Labute approximate surface area is 151 Å². The van der Waals surface area contributed by atoms with Gasteiger partial charge in [0.15, 0.2) is 11.3 Å². The topological polar surface area (TPSA) is 91.6 Å². The number of nitrogen functional groups attached to an aromatic ring is 1. The minimum atomic E-state index is -0.547. The molecule has 0 saturated heterocycles.